The number of fused-ring (bicyclic) bond motifs is 2. The van der Waals surface area contributed by atoms with Gasteiger partial charge in [0.1, 0.15) is 12.4 Å². The van der Waals surface area contributed by atoms with Gasteiger partial charge in [-0.2, -0.15) is 0 Å². The molecule has 0 aliphatic carbocycles. The van der Waals surface area contributed by atoms with Gasteiger partial charge in [-0.15, -0.1) is 0 Å². The Hall–Kier alpha value is -1.93. The molecule has 0 fully saturated rings. The first kappa shape index (κ1) is 15.0. The Labute approximate surface area is 136 Å². The van der Waals surface area contributed by atoms with Gasteiger partial charge in [0, 0.05) is 9.79 Å². The van der Waals surface area contributed by atoms with Crippen LogP contribution in [0, 0.1) is 5.92 Å². The van der Waals surface area contributed by atoms with Crippen LogP contribution < -0.4 is 4.74 Å². The third-order valence-electron chi connectivity index (χ3n) is 3.95. The van der Waals surface area contributed by atoms with Crippen LogP contribution in [0.25, 0.3) is 5.57 Å². The molecule has 0 amide bonds. The van der Waals surface area contributed by atoms with E-state index in [9.17, 15) is 0 Å². The summed E-state index contributed by atoms with van der Waals surface area (Å²) in [5.41, 5.74) is 4.55. The molecule has 1 heterocycles. The molecule has 1 aliphatic heterocycles. The fraction of sp³-hybridized carbons (Fsp3) is 0.200. The van der Waals surface area contributed by atoms with Crippen molar-refractivity contribution in [2.24, 2.45) is 5.92 Å². The SMILES string of the molecule is C=C1c2ccccc2Sc2ccc(OCC(=C)C(C)C)cc21. The Kier molecular flexibility index (Phi) is 4.12. The van der Waals surface area contributed by atoms with Gasteiger partial charge in [0.15, 0.2) is 0 Å². The second kappa shape index (κ2) is 6.05. The topological polar surface area (TPSA) is 9.23 Å². The normalized spacial score (nSPS) is 12.8. The predicted octanol–water partition coefficient (Wildman–Crippen LogP) is 5.80. The summed E-state index contributed by atoms with van der Waals surface area (Å²) < 4.78 is 5.88. The number of ether oxygens (including phenoxy) is 1. The van der Waals surface area contributed by atoms with Crippen LogP contribution in [0.1, 0.15) is 25.0 Å². The minimum atomic E-state index is 0.440. The van der Waals surface area contributed by atoms with Crippen molar-refractivity contribution < 1.29 is 4.74 Å². The minimum Gasteiger partial charge on any atom is -0.489 e. The van der Waals surface area contributed by atoms with Crippen LogP contribution in [0.5, 0.6) is 5.75 Å². The van der Waals surface area contributed by atoms with Crippen LogP contribution in [0.2, 0.25) is 0 Å². The molecule has 0 aromatic heterocycles. The first-order chi connectivity index (χ1) is 10.6. The average molecular weight is 308 g/mol. The quantitative estimate of drug-likeness (QED) is 0.563. The molecule has 22 heavy (non-hydrogen) atoms. The third-order valence-corrected chi connectivity index (χ3v) is 5.10. The summed E-state index contributed by atoms with van der Waals surface area (Å²) >= 11 is 1.79. The van der Waals surface area contributed by atoms with Gasteiger partial charge in [-0.3, -0.25) is 0 Å². The van der Waals surface area contributed by atoms with E-state index in [0.29, 0.717) is 12.5 Å². The molecule has 0 bridgehead atoms. The predicted molar refractivity (Wildman–Crippen MR) is 94.6 cm³/mol. The molecule has 1 nitrogen and oxygen atoms in total. The second-order valence-electron chi connectivity index (χ2n) is 5.84. The monoisotopic (exact) mass is 308 g/mol. The number of hydrogen-bond acceptors (Lipinski definition) is 2. The fourth-order valence-corrected chi connectivity index (χ4v) is 3.45. The lowest BCUT2D eigenvalue weighted by Crippen LogP contribution is -2.06. The molecule has 2 heteroatoms. The molecular formula is C20H20OS. The van der Waals surface area contributed by atoms with Crippen molar-refractivity contribution in [2.45, 2.75) is 23.6 Å². The Bertz CT molecular complexity index is 743. The van der Waals surface area contributed by atoms with Gasteiger partial charge in [-0.25, -0.2) is 0 Å². The van der Waals surface area contributed by atoms with Gasteiger partial charge < -0.3 is 4.74 Å². The van der Waals surface area contributed by atoms with Gasteiger partial charge in [0.2, 0.25) is 0 Å². The average Bonchev–Trinajstić information content (AvgIpc) is 2.53. The zero-order valence-electron chi connectivity index (χ0n) is 13.1. The highest BCUT2D eigenvalue weighted by Gasteiger charge is 2.19. The molecule has 0 atom stereocenters. The van der Waals surface area contributed by atoms with Crippen molar-refractivity contribution in [2.75, 3.05) is 6.61 Å². The van der Waals surface area contributed by atoms with Crippen molar-refractivity contribution in [3.05, 3.63) is 72.3 Å². The highest BCUT2D eigenvalue weighted by Crippen LogP contribution is 2.45. The van der Waals surface area contributed by atoms with E-state index < -0.39 is 0 Å². The molecule has 2 aromatic rings. The van der Waals surface area contributed by atoms with Gasteiger partial charge >= 0.3 is 0 Å². The van der Waals surface area contributed by atoms with Crippen LogP contribution in [-0.4, -0.2) is 6.61 Å². The van der Waals surface area contributed by atoms with E-state index in [-0.39, 0.29) is 0 Å². The van der Waals surface area contributed by atoms with Crippen LogP contribution in [0.4, 0.5) is 0 Å². The summed E-state index contributed by atoms with van der Waals surface area (Å²) in [6.07, 6.45) is 0. The van der Waals surface area contributed by atoms with Gasteiger partial charge in [0.05, 0.1) is 0 Å². The molecule has 0 N–H and O–H groups in total. The van der Waals surface area contributed by atoms with E-state index in [1.165, 1.54) is 15.4 Å². The minimum absolute atomic E-state index is 0.440. The lowest BCUT2D eigenvalue weighted by Gasteiger charge is -2.22. The number of rotatable bonds is 4. The smallest absolute Gasteiger partial charge is 0.120 e. The van der Waals surface area contributed by atoms with Gasteiger partial charge in [-0.1, -0.05) is 57.0 Å². The molecule has 0 radical (unpaired) electrons. The molecule has 0 unspecified atom stereocenters. The van der Waals surface area contributed by atoms with E-state index in [4.69, 9.17) is 4.74 Å². The van der Waals surface area contributed by atoms with Crippen molar-refractivity contribution in [1.82, 2.24) is 0 Å². The third kappa shape index (κ3) is 2.84. The summed E-state index contributed by atoms with van der Waals surface area (Å²) in [5, 5.41) is 0. The first-order valence-corrected chi connectivity index (χ1v) is 8.29. The molecule has 1 aliphatic rings. The molecule has 0 spiro atoms. The summed E-state index contributed by atoms with van der Waals surface area (Å²) in [4.78, 5) is 2.50. The zero-order chi connectivity index (χ0) is 15.7. The Morgan fingerprint density at radius 1 is 1.09 bits per heavy atom. The maximum absolute atomic E-state index is 5.88. The Morgan fingerprint density at radius 3 is 2.59 bits per heavy atom. The van der Waals surface area contributed by atoms with E-state index in [1.807, 2.05) is 6.07 Å². The van der Waals surface area contributed by atoms with Crippen LogP contribution in [-0.2, 0) is 0 Å². The fourth-order valence-electron chi connectivity index (χ4n) is 2.33. The largest absolute Gasteiger partial charge is 0.489 e. The van der Waals surface area contributed by atoms with E-state index in [0.717, 1.165) is 22.5 Å². The summed E-state index contributed by atoms with van der Waals surface area (Å²) in [6, 6.07) is 14.6. The highest BCUT2D eigenvalue weighted by molar-refractivity contribution is 7.99. The van der Waals surface area contributed by atoms with E-state index in [2.05, 4.69) is 63.4 Å². The van der Waals surface area contributed by atoms with Crippen LogP contribution >= 0.6 is 11.8 Å². The van der Waals surface area contributed by atoms with Crippen molar-refractivity contribution in [3.63, 3.8) is 0 Å². The number of benzene rings is 2. The lowest BCUT2D eigenvalue weighted by atomic mass is 9.98. The maximum atomic E-state index is 5.88. The van der Waals surface area contributed by atoms with Crippen molar-refractivity contribution in [1.29, 1.82) is 0 Å². The van der Waals surface area contributed by atoms with E-state index >= 15 is 0 Å². The van der Waals surface area contributed by atoms with Crippen LogP contribution in [0.3, 0.4) is 0 Å². The Balaban J connectivity index is 1.85. The van der Waals surface area contributed by atoms with Crippen molar-refractivity contribution in [3.8, 4) is 5.75 Å². The Morgan fingerprint density at radius 2 is 1.82 bits per heavy atom. The molecule has 112 valence electrons. The van der Waals surface area contributed by atoms with Gasteiger partial charge in [0.25, 0.3) is 0 Å². The standard InChI is InChI=1S/C20H20OS/c1-13(2)14(3)12-21-16-9-10-20-18(11-16)15(4)17-7-5-6-8-19(17)22-20/h5-11,13H,3-4,12H2,1-2H3. The maximum Gasteiger partial charge on any atom is 0.120 e. The highest BCUT2D eigenvalue weighted by atomic mass is 32.2. The molecule has 2 aromatic carbocycles. The molecule has 0 saturated carbocycles. The summed E-state index contributed by atoms with van der Waals surface area (Å²) in [7, 11) is 0. The molecule has 3 rings (SSSR count). The summed E-state index contributed by atoms with van der Waals surface area (Å²) in [5.74, 6) is 1.32. The first-order valence-electron chi connectivity index (χ1n) is 7.47. The molecular weight excluding hydrogens is 288 g/mol. The second-order valence-corrected chi connectivity index (χ2v) is 6.92. The molecule has 0 saturated heterocycles. The summed E-state index contributed by atoms with van der Waals surface area (Å²) in [6.45, 7) is 13.2. The van der Waals surface area contributed by atoms with Crippen LogP contribution in [0.15, 0.2) is 71.0 Å². The lowest BCUT2D eigenvalue weighted by molar-refractivity contribution is 0.340. The number of hydrogen-bond donors (Lipinski definition) is 0. The van der Waals surface area contributed by atoms with Crippen molar-refractivity contribution >= 4 is 17.3 Å². The van der Waals surface area contributed by atoms with Gasteiger partial charge in [-0.05, 0) is 52.5 Å². The zero-order valence-corrected chi connectivity index (χ0v) is 13.9. The van der Waals surface area contributed by atoms with E-state index in [1.54, 1.807) is 11.8 Å².